The fraction of sp³-hybridized carbons (Fsp3) is 0.448. The van der Waals surface area contributed by atoms with Crippen molar-refractivity contribution in [3.63, 3.8) is 0 Å². The highest BCUT2D eigenvalue weighted by molar-refractivity contribution is 7.85. The first-order valence-electron chi connectivity index (χ1n) is 13.6. The summed E-state index contributed by atoms with van der Waals surface area (Å²) < 4.78 is 42.6. The number of pyridine rings is 1. The third kappa shape index (κ3) is 5.24. The normalized spacial score (nSPS) is 24.3. The summed E-state index contributed by atoms with van der Waals surface area (Å²) in [6.07, 6.45) is 3.98. The zero-order valence-corrected chi connectivity index (χ0v) is 22.7. The quantitative estimate of drug-likeness (QED) is 0.485. The number of halogens is 2. The second kappa shape index (κ2) is 10.7. The molecule has 0 bridgehead atoms. The van der Waals surface area contributed by atoms with Crippen LogP contribution in [0.25, 0.3) is 16.9 Å². The molecule has 1 saturated heterocycles. The number of anilines is 1. The lowest BCUT2D eigenvalue weighted by molar-refractivity contribution is -0.128. The SMILES string of the molecule is N#CC1(NC(=O)C2C[C@@H](F)CC[C@H]2c2nn(-c3ncccc3F)cc2-c2ccc(N3CCS(=O)CC3)cc2)CC1. The van der Waals surface area contributed by atoms with Gasteiger partial charge in [-0.1, -0.05) is 12.1 Å². The third-order valence-electron chi connectivity index (χ3n) is 8.22. The van der Waals surface area contributed by atoms with Gasteiger partial charge in [-0.2, -0.15) is 10.4 Å². The van der Waals surface area contributed by atoms with Gasteiger partial charge in [0.05, 0.1) is 11.8 Å². The fourth-order valence-corrected chi connectivity index (χ4v) is 6.79. The summed E-state index contributed by atoms with van der Waals surface area (Å²) >= 11 is 0. The highest BCUT2D eigenvalue weighted by atomic mass is 32.2. The van der Waals surface area contributed by atoms with E-state index in [2.05, 4.69) is 21.3 Å². The molecule has 208 valence electrons. The maximum atomic E-state index is 14.7. The van der Waals surface area contributed by atoms with Crippen molar-refractivity contribution in [2.24, 2.45) is 5.92 Å². The first-order chi connectivity index (χ1) is 19.4. The topological polar surface area (TPSA) is 104 Å². The number of amides is 1. The van der Waals surface area contributed by atoms with Crippen molar-refractivity contribution in [2.75, 3.05) is 29.5 Å². The van der Waals surface area contributed by atoms with E-state index in [9.17, 15) is 23.0 Å². The molecule has 3 atom stereocenters. The van der Waals surface area contributed by atoms with Gasteiger partial charge in [0.15, 0.2) is 11.6 Å². The van der Waals surface area contributed by atoms with Gasteiger partial charge in [0.2, 0.25) is 5.91 Å². The molecule has 6 rings (SSSR count). The Balaban J connectivity index is 1.38. The van der Waals surface area contributed by atoms with Crippen LogP contribution in [0.4, 0.5) is 14.5 Å². The van der Waals surface area contributed by atoms with E-state index in [0.717, 1.165) is 29.9 Å². The third-order valence-corrected chi connectivity index (χ3v) is 9.50. The molecule has 3 aliphatic rings. The van der Waals surface area contributed by atoms with E-state index in [1.165, 1.54) is 23.0 Å². The molecule has 8 nitrogen and oxygen atoms in total. The van der Waals surface area contributed by atoms with Crippen molar-refractivity contribution in [1.29, 1.82) is 5.26 Å². The minimum Gasteiger partial charge on any atom is -0.370 e. The number of carbonyl (C=O) groups is 1. The molecular formula is C29H30F2N6O2S. The average Bonchev–Trinajstić information content (AvgIpc) is 3.61. The van der Waals surface area contributed by atoms with Crippen LogP contribution < -0.4 is 10.2 Å². The fourth-order valence-electron chi connectivity index (χ4n) is 5.74. The highest BCUT2D eigenvalue weighted by Crippen LogP contribution is 2.44. The molecule has 0 spiro atoms. The lowest BCUT2D eigenvalue weighted by Gasteiger charge is -2.32. The van der Waals surface area contributed by atoms with E-state index in [1.54, 1.807) is 6.20 Å². The van der Waals surface area contributed by atoms with Crippen molar-refractivity contribution in [3.05, 3.63) is 60.3 Å². The molecule has 1 N–H and O–H groups in total. The van der Waals surface area contributed by atoms with Crippen LogP contribution in [-0.4, -0.2) is 61.2 Å². The number of rotatable bonds is 6. The number of alkyl halides is 1. The van der Waals surface area contributed by atoms with E-state index < -0.39 is 40.2 Å². The van der Waals surface area contributed by atoms with Gasteiger partial charge in [-0.25, -0.2) is 18.4 Å². The maximum absolute atomic E-state index is 14.7. The number of nitrogens with zero attached hydrogens (tertiary/aromatic N) is 5. The monoisotopic (exact) mass is 564 g/mol. The first-order valence-corrected chi connectivity index (χ1v) is 15.1. The Hall–Kier alpha value is -3.65. The second-order valence-corrected chi connectivity index (χ2v) is 12.6. The molecule has 2 aliphatic carbocycles. The summed E-state index contributed by atoms with van der Waals surface area (Å²) in [6, 6.07) is 12.9. The Morgan fingerprint density at radius 2 is 1.90 bits per heavy atom. The number of nitriles is 1. The number of nitrogens with one attached hydrogen (secondary N) is 1. The van der Waals surface area contributed by atoms with Crippen LogP contribution in [0, 0.1) is 23.1 Å². The summed E-state index contributed by atoms with van der Waals surface area (Å²) in [5.74, 6) is -0.680. The van der Waals surface area contributed by atoms with Gasteiger partial charge in [-0.15, -0.1) is 0 Å². The first kappa shape index (κ1) is 26.6. The summed E-state index contributed by atoms with van der Waals surface area (Å²) in [6.45, 7) is 1.45. The Labute approximate surface area is 233 Å². The molecule has 2 aromatic heterocycles. The van der Waals surface area contributed by atoms with Crippen molar-refractivity contribution < 1.29 is 17.8 Å². The van der Waals surface area contributed by atoms with Crippen LogP contribution in [0.15, 0.2) is 48.8 Å². The molecule has 1 aromatic carbocycles. The van der Waals surface area contributed by atoms with E-state index in [1.807, 2.05) is 24.3 Å². The summed E-state index contributed by atoms with van der Waals surface area (Å²) in [5, 5.41) is 17.1. The zero-order chi connectivity index (χ0) is 27.9. The number of benzene rings is 1. The van der Waals surface area contributed by atoms with Crippen molar-refractivity contribution in [1.82, 2.24) is 20.1 Å². The van der Waals surface area contributed by atoms with Crippen LogP contribution >= 0.6 is 0 Å². The Morgan fingerprint density at radius 3 is 2.58 bits per heavy atom. The Bertz CT molecular complexity index is 1470. The van der Waals surface area contributed by atoms with Gasteiger partial charge in [0, 0.05) is 70.9 Å². The van der Waals surface area contributed by atoms with Crippen molar-refractivity contribution >= 4 is 22.4 Å². The lowest BCUT2D eigenvalue weighted by Crippen LogP contribution is -2.44. The standard InChI is InChI=1S/C29H30F2N6O2S/c30-20-5-8-22(23(16-20)28(38)34-29(18-32)9-10-29)26-24(17-37(35-26)27-25(31)2-1-11-33-27)19-3-6-21(7-4-19)36-12-14-40(39)15-13-36/h1-4,6-7,11,17,20,22-23H,5,8-10,12-16H2,(H,34,38)/t20-,22+,23?/m0/s1. The lowest BCUT2D eigenvalue weighted by atomic mass is 9.74. The van der Waals surface area contributed by atoms with Gasteiger partial charge < -0.3 is 10.2 Å². The van der Waals surface area contributed by atoms with E-state index in [0.29, 0.717) is 36.5 Å². The minimum absolute atomic E-state index is 0.0366. The molecule has 1 aliphatic heterocycles. The van der Waals surface area contributed by atoms with Crippen LogP contribution in [0.5, 0.6) is 0 Å². The molecule has 3 fully saturated rings. The molecule has 2 saturated carbocycles. The predicted molar refractivity (Wildman–Crippen MR) is 148 cm³/mol. The summed E-state index contributed by atoms with van der Waals surface area (Å²) in [5.41, 5.74) is 2.30. The molecule has 3 heterocycles. The molecule has 0 radical (unpaired) electrons. The zero-order valence-electron chi connectivity index (χ0n) is 21.9. The highest BCUT2D eigenvalue weighted by Gasteiger charge is 2.48. The number of aromatic nitrogens is 3. The predicted octanol–water partition coefficient (Wildman–Crippen LogP) is 4.04. The smallest absolute Gasteiger partial charge is 0.225 e. The van der Waals surface area contributed by atoms with E-state index in [4.69, 9.17) is 5.10 Å². The van der Waals surface area contributed by atoms with Crippen LogP contribution in [0.3, 0.4) is 0 Å². The molecule has 1 amide bonds. The molecule has 1 unspecified atom stereocenters. The number of carbonyl (C=O) groups excluding carboxylic acids is 1. The van der Waals surface area contributed by atoms with E-state index >= 15 is 0 Å². The Morgan fingerprint density at radius 1 is 1.15 bits per heavy atom. The second-order valence-electron chi connectivity index (χ2n) is 10.9. The van der Waals surface area contributed by atoms with Crippen LogP contribution in [0.1, 0.15) is 43.7 Å². The molecular weight excluding hydrogens is 534 g/mol. The molecule has 40 heavy (non-hydrogen) atoms. The average molecular weight is 565 g/mol. The summed E-state index contributed by atoms with van der Waals surface area (Å²) in [7, 11) is -0.772. The van der Waals surface area contributed by atoms with E-state index in [-0.39, 0.29) is 24.6 Å². The van der Waals surface area contributed by atoms with Gasteiger partial charge >= 0.3 is 0 Å². The van der Waals surface area contributed by atoms with Gasteiger partial charge in [0.25, 0.3) is 0 Å². The van der Waals surface area contributed by atoms with Gasteiger partial charge in [0.1, 0.15) is 11.7 Å². The molecule has 3 aromatic rings. The van der Waals surface area contributed by atoms with Crippen molar-refractivity contribution in [2.45, 2.75) is 49.7 Å². The summed E-state index contributed by atoms with van der Waals surface area (Å²) in [4.78, 5) is 19.8. The largest absolute Gasteiger partial charge is 0.370 e. The maximum Gasteiger partial charge on any atom is 0.225 e. The number of hydrogen-bond donors (Lipinski definition) is 1. The Kier molecular flexibility index (Phi) is 7.13. The van der Waals surface area contributed by atoms with Gasteiger partial charge in [-0.05, 0) is 61.9 Å². The van der Waals surface area contributed by atoms with Crippen molar-refractivity contribution in [3.8, 4) is 23.0 Å². The molecule has 11 heteroatoms. The van der Waals surface area contributed by atoms with Gasteiger partial charge in [-0.3, -0.25) is 9.00 Å². The number of hydrogen-bond acceptors (Lipinski definition) is 6. The minimum atomic E-state index is -1.12. The van der Waals surface area contributed by atoms with Crippen LogP contribution in [0.2, 0.25) is 0 Å². The van der Waals surface area contributed by atoms with Crippen LogP contribution in [-0.2, 0) is 15.6 Å².